The maximum absolute atomic E-state index is 12.3. The lowest BCUT2D eigenvalue weighted by atomic mass is 10.1. The largest absolute Gasteiger partial charge is 0.493 e. The molecule has 0 N–H and O–H groups in total. The fourth-order valence-corrected chi connectivity index (χ4v) is 2.75. The quantitative estimate of drug-likeness (QED) is 0.462. The summed E-state index contributed by atoms with van der Waals surface area (Å²) < 4.78 is 10.6. The van der Waals surface area contributed by atoms with Crippen molar-refractivity contribution in [3.8, 4) is 23.8 Å². The van der Waals surface area contributed by atoms with E-state index in [9.17, 15) is 9.59 Å². The predicted molar refractivity (Wildman–Crippen MR) is 96.9 cm³/mol. The number of hydrogen-bond acceptors (Lipinski definition) is 5. The highest BCUT2D eigenvalue weighted by Crippen LogP contribution is 2.36. The topological polar surface area (TPSA) is 68.2 Å². The van der Waals surface area contributed by atoms with E-state index in [1.54, 1.807) is 36.4 Å². The molecule has 6 nitrogen and oxygen atoms in total. The number of terminal acetylenes is 1. The van der Waals surface area contributed by atoms with Crippen molar-refractivity contribution < 1.29 is 19.1 Å². The minimum Gasteiger partial charge on any atom is -0.493 e. The van der Waals surface area contributed by atoms with Crippen LogP contribution in [0.2, 0.25) is 5.02 Å². The molecule has 2 aromatic rings. The number of benzene rings is 2. The Kier molecular flexibility index (Phi) is 4.92. The molecular weight excluding hydrogens is 356 g/mol. The molecule has 2 amide bonds. The molecule has 0 unspecified atom stereocenters. The van der Waals surface area contributed by atoms with Gasteiger partial charge in [-0.1, -0.05) is 29.7 Å². The smallest absolute Gasteiger partial charge is 0.282 e. The van der Waals surface area contributed by atoms with Crippen molar-refractivity contribution in [2.24, 2.45) is 5.10 Å². The van der Waals surface area contributed by atoms with Crippen molar-refractivity contribution in [2.45, 2.75) is 0 Å². The third-order valence-electron chi connectivity index (χ3n) is 3.65. The predicted octanol–water partition coefficient (Wildman–Crippen LogP) is 2.99. The molecule has 26 heavy (non-hydrogen) atoms. The van der Waals surface area contributed by atoms with E-state index in [0.717, 1.165) is 5.01 Å². The van der Waals surface area contributed by atoms with Crippen LogP contribution in [0.3, 0.4) is 0 Å². The molecule has 1 aliphatic rings. The monoisotopic (exact) mass is 368 g/mol. The highest BCUT2D eigenvalue weighted by molar-refractivity contribution is 6.32. The van der Waals surface area contributed by atoms with Crippen LogP contribution in [-0.2, 0) is 0 Å². The van der Waals surface area contributed by atoms with Crippen molar-refractivity contribution in [3.05, 3.63) is 58.1 Å². The summed E-state index contributed by atoms with van der Waals surface area (Å²) >= 11 is 6.19. The molecule has 7 heteroatoms. The van der Waals surface area contributed by atoms with Gasteiger partial charge in [-0.05, 0) is 29.8 Å². The molecule has 0 radical (unpaired) electrons. The van der Waals surface area contributed by atoms with Crippen LogP contribution in [-0.4, -0.2) is 36.8 Å². The zero-order chi connectivity index (χ0) is 18.7. The molecule has 0 saturated heterocycles. The third kappa shape index (κ3) is 3.13. The van der Waals surface area contributed by atoms with E-state index in [1.807, 2.05) is 0 Å². The summed E-state index contributed by atoms with van der Waals surface area (Å²) in [5.74, 6) is 2.06. The Labute approximate surface area is 155 Å². The fraction of sp³-hybridized carbons (Fsp3) is 0.105. The Morgan fingerprint density at radius 1 is 1.23 bits per heavy atom. The summed E-state index contributed by atoms with van der Waals surface area (Å²) in [5, 5.41) is 5.08. The van der Waals surface area contributed by atoms with E-state index in [4.69, 9.17) is 27.5 Å². The summed E-state index contributed by atoms with van der Waals surface area (Å²) in [4.78, 5) is 24.6. The Morgan fingerprint density at radius 2 is 1.88 bits per heavy atom. The number of methoxy groups -OCH3 is 1. The van der Waals surface area contributed by atoms with Crippen LogP contribution in [0.25, 0.3) is 0 Å². The summed E-state index contributed by atoms with van der Waals surface area (Å²) in [6.07, 6.45) is 6.53. The lowest BCUT2D eigenvalue weighted by Crippen LogP contribution is -2.24. The Balaban J connectivity index is 1.88. The number of amides is 2. The molecule has 1 aliphatic heterocycles. The van der Waals surface area contributed by atoms with Crippen molar-refractivity contribution in [3.63, 3.8) is 0 Å². The summed E-state index contributed by atoms with van der Waals surface area (Å²) in [6, 6.07) is 9.73. The van der Waals surface area contributed by atoms with Gasteiger partial charge >= 0.3 is 0 Å². The standard InChI is InChI=1S/C19H13ClN2O4/c1-3-8-26-17-15(20)9-12(10-16(17)25-2)11-21-22-18(23)13-6-4-5-7-14(13)19(22)24/h1,4-7,9-11H,8H2,2H3/b21-11-. The van der Waals surface area contributed by atoms with E-state index in [0.29, 0.717) is 28.2 Å². The van der Waals surface area contributed by atoms with Gasteiger partial charge in [-0.15, -0.1) is 6.42 Å². The van der Waals surface area contributed by atoms with Crippen molar-refractivity contribution >= 4 is 29.6 Å². The molecule has 1 heterocycles. The fourth-order valence-electron chi connectivity index (χ4n) is 2.47. The first-order valence-electron chi connectivity index (χ1n) is 7.52. The van der Waals surface area contributed by atoms with Crippen LogP contribution >= 0.6 is 11.6 Å². The molecule has 0 aromatic heterocycles. The second-order valence-corrected chi connectivity index (χ2v) is 5.65. The van der Waals surface area contributed by atoms with Crippen LogP contribution in [0.5, 0.6) is 11.5 Å². The van der Waals surface area contributed by atoms with Gasteiger partial charge in [0, 0.05) is 0 Å². The van der Waals surface area contributed by atoms with Crippen LogP contribution < -0.4 is 9.47 Å². The molecule has 0 saturated carbocycles. The molecule has 2 aromatic carbocycles. The first kappa shape index (κ1) is 17.5. The van der Waals surface area contributed by atoms with E-state index in [2.05, 4.69) is 11.0 Å². The average molecular weight is 369 g/mol. The first-order chi connectivity index (χ1) is 12.6. The van der Waals surface area contributed by atoms with Crippen LogP contribution in [0.4, 0.5) is 0 Å². The van der Waals surface area contributed by atoms with Gasteiger partial charge in [0.05, 0.1) is 29.5 Å². The second-order valence-electron chi connectivity index (χ2n) is 5.24. The number of fused-ring (bicyclic) bond motifs is 1. The molecule has 0 spiro atoms. The van der Waals surface area contributed by atoms with Crippen LogP contribution in [0, 0.1) is 12.3 Å². The lowest BCUT2D eigenvalue weighted by Gasteiger charge is -2.12. The molecule has 3 rings (SSSR count). The zero-order valence-corrected chi connectivity index (χ0v) is 14.5. The number of imide groups is 1. The van der Waals surface area contributed by atoms with E-state index >= 15 is 0 Å². The van der Waals surface area contributed by atoms with Crippen LogP contribution in [0.15, 0.2) is 41.5 Å². The summed E-state index contributed by atoms with van der Waals surface area (Å²) in [5.41, 5.74) is 1.17. The van der Waals surface area contributed by atoms with Gasteiger partial charge in [-0.3, -0.25) is 9.59 Å². The number of ether oxygens (including phenoxy) is 2. The number of nitrogens with zero attached hydrogens (tertiary/aromatic N) is 2. The average Bonchev–Trinajstić information content (AvgIpc) is 2.89. The first-order valence-corrected chi connectivity index (χ1v) is 7.90. The number of carbonyl (C=O) groups is 2. The normalized spacial score (nSPS) is 13.0. The Morgan fingerprint density at radius 3 is 2.46 bits per heavy atom. The number of hydrazone groups is 1. The van der Waals surface area contributed by atoms with Crippen molar-refractivity contribution in [1.29, 1.82) is 0 Å². The minimum atomic E-state index is -0.478. The zero-order valence-electron chi connectivity index (χ0n) is 13.7. The van der Waals surface area contributed by atoms with Gasteiger partial charge in [-0.2, -0.15) is 10.1 Å². The van der Waals surface area contributed by atoms with Crippen LogP contribution in [0.1, 0.15) is 26.3 Å². The molecule has 0 bridgehead atoms. The van der Waals surface area contributed by atoms with Crippen molar-refractivity contribution in [1.82, 2.24) is 5.01 Å². The van der Waals surface area contributed by atoms with Gasteiger partial charge in [0.2, 0.25) is 0 Å². The lowest BCUT2D eigenvalue weighted by molar-refractivity contribution is 0.0660. The Bertz CT molecular complexity index is 927. The maximum atomic E-state index is 12.3. The van der Waals surface area contributed by atoms with Gasteiger partial charge in [0.25, 0.3) is 11.8 Å². The maximum Gasteiger partial charge on any atom is 0.282 e. The highest BCUT2D eigenvalue weighted by Gasteiger charge is 2.35. The van der Waals surface area contributed by atoms with Gasteiger partial charge < -0.3 is 9.47 Å². The summed E-state index contributed by atoms with van der Waals surface area (Å²) in [6.45, 7) is 0.0402. The number of rotatable bonds is 5. The van der Waals surface area contributed by atoms with Gasteiger partial charge in [0.15, 0.2) is 11.5 Å². The second kappa shape index (κ2) is 7.30. The minimum absolute atomic E-state index is 0.0402. The SMILES string of the molecule is C#CCOc1c(Cl)cc(/C=N\N2C(=O)c3ccccc3C2=O)cc1OC. The van der Waals surface area contributed by atoms with E-state index in [1.165, 1.54) is 13.3 Å². The number of halogens is 1. The summed E-state index contributed by atoms with van der Waals surface area (Å²) in [7, 11) is 1.46. The molecule has 0 fully saturated rings. The third-order valence-corrected chi connectivity index (χ3v) is 3.93. The molecule has 0 aliphatic carbocycles. The van der Waals surface area contributed by atoms with Gasteiger partial charge in [0.1, 0.15) is 6.61 Å². The molecular formula is C19H13ClN2O4. The van der Waals surface area contributed by atoms with Crippen molar-refractivity contribution in [2.75, 3.05) is 13.7 Å². The highest BCUT2D eigenvalue weighted by atomic mass is 35.5. The van der Waals surface area contributed by atoms with Gasteiger partial charge in [-0.25, -0.2) is 0 Å². The van der Waals surface area contributed by atoms with E-state index < -0.39 is 11.8 Å². The molecule has 130 valence electrons. The number of hydrogen-bond donors (Lipinski definition) is 0. The molecule has 0 atom stereocenters. The van der Waals surface area contributed by atoms with E-state index in [-0.39, 0.29) is 11.6 Å². The number of carbonyl (C=O) groups excluding carboxylic acids is 2. The Hall–Kier alpha value is -3.30.